The average molecular weight is 303 g/mol. The van der Waals surface area contributed by atoms with E-state index < -0.39 is 5.97 Å². The molecule has 1 aliphatic carbocycles. The lowest BCUT2D eigenvalue weighted by molar-refractivity contribution is -0.145. The molecule has 0 radical (unpaired) electrons. The summed E-state index contributed by atoms with van der Waals surface area (Å²) in [6.07, 6.45) is 2.76. The smallest absolute Gasteiger partial charge is 0.306 e. The van der Waals surface area contributed by atoms with Gasteiger partial charge in [-0.15, -0.1) is 0 Å². The number of hydrogen-bond acceptors (Lipinski definition) is 3. The zero-order chi connectivity index (χ0) is 15.5. The summed E-state index contributed by atoms with van der Waals surface area (Å²) >= 11 is 0. The van der Waals surface area contributed by atoms with Gasteiger partial charge in [-0.25, -0.2) is 0 Å². The molecule has 0 saturated heterocycles. The SMILES string of the molecule is O=C(O)C1CCCC(C(=O)N2CCOc3ccccc3C2)C1. The predicted molar refractivity (Wildman–Crippen MR) is 80.4 cm³/mol. The number of amides is 1. The quantitative estimate of drug-likeness (QED) is 0.910. The highest BCUT2D eigenvalue weighted by Crippen LogP contribution is 2.32. The van der Waals surface area contributed by atoms with E-state index in [9.17, 15) is 14.7 Å². The van der Waals surface area contributed by atoms with Gasteiger partial charge in [-0.3, -0.25) is 9.59 Å². The van der Waals surface area contributed by atoms with Crippen LogP contribution in [0.3, 0.4) is 0 Å². The molecule has 1 aromatic carbocycles. The van der Waals surface area contributed by atoms with Crippen LogP contribution in [0.15, 0.2) is 24.3 Å². The van der Waals surface area contributed by atoms with Gasteiger partial charge in [0.05, 0.1) is 12.5 Å². The summed E-state index contributed by atoms with van der Waals surface area (Å²) in [5.74, 6) is -0.406. The van der Waals surface area contributed by atoms with Crippen LogP contribution in [0, 0.1) is 11.8 Å². The van der Waals surface area contributed by atoms with Crippen molar-refractivity contribution in [1.82, 2.24) is 4.90 Å². The molecule has 2 unspecified atom stereocenters. The summed E-state index contributed by atoms with van der Waals surface area (Å²) in [6, 6.07) is 7.76. The van der Waals surface area contributed by atoms with E-state index in [-0.39, 0.29) is 17.7 Å². The monoisotopic (exact) mass is 303 g/mol. The van der Waals surface area contributed by atoms with Crippen LogP contribution < -0.4 is 4.74 Å². The Morgan fingerprint density at radius 1 is 1.18 bits per heavy atom. The molecule has 0 bridgehead atoms. The first-order chi connectivity index (χ1) is 10.6. The molecule has 1 amide bonds. The van der Waals surface area contributed by atoms with Gasteiger partial charge in [-0.1, -0.05) is 24.6 Å². The molecule has 1 N–H and O–H groups in total. The normalized spacial score (nSPS) is 24.8. The Morgan fingerprint density at radius 3 is 2.77 bits per heavy atom. The van der Waals surface area contributed by atoms with Crippen LogP contribution in [0.1, 0.15) is 31.2 Å². The number of aliphatic carboxylic acids is 1. The van der Waals surface area contributed by atoms with Crippen LogP contribution >= 0.6 is 0 Å². The number of rotatable bonds is 2. The predicted octanol–water partition coefficient (Wildman–Crippen LogP) is 2.30. The lowest BCUT2D eigenvalue weighted by Crippen LogP contribution is -2.39. The summed E-state index contributed by atoms with van der Waals surface area (Å²) in [6.45, 7) is 1.59. The fraction of sp³-hybridized carbons (Fsp3) is 0.529. The third-order valence-electron chi connectivity index (χ3n) is 4.64. The zero-order valence-corrected chi connectivity index (χ0v) is 12.5. The van der Waals surface area contributed by atoms with Gasteiger partial charge < -0.3 is 14.7 Å². The van der Waals surface area contributed by atoms with Crippen LogP contribution in [0.2, 0.25) is 0 Å². The van der Waals surface area contributed by atoms with Crippen molar-refractivity contribution in [2.45, 2.75) is 32.2 Å². The molecule has 118 valence electrons. The molecule has 1 aromatic rings. The molecule has 0 spiro atoms. The fourth-order valence-corrected chi connectivity index (χ4v) is 3.41. The van der Waals surface area contributed by atoms with Crippen LogP contribution in [-0.2, 0) is 16.1 Å². The van der Waals surface area contributed by atoms with Gasteiger partial charge in [0.25, 0.3) is 0 Å². The average Bonchev–Trinajstić information content (AvgIpc) is 2.76. The van der Waals surface area contributed by atoms with Crippen molar-refractivity contribution in [1.29, 1.82) is 0 Å². The minimum Gasteiger partial charge on any atom is -0.491 e. The second-order valence-electron chi connectivity index (χ2n) is 6.11. The molecule has 1 fully saturated rings. The minimum atomic E-state index is -0.776. The number of carbonyl (C=O) groups is 2. The van der Waals surface area contributed by atoms with Gasteiger partial charge in [0.2, 0.25) is 5.91 Å². The maximum atomic E-state index is 12.8. The number of ether oxygens (including phenoxy) is 1. The Kier molecular flexibility index (Phi) is 4.32. The van der Waals surface area contributed by atoms with Crippen molar-refractivity contribution in [2.24, 2.45) is 11.8 Å². The maximum absolute atomic E-state index is 12.8. The van der Waals surface area contributed by atoms with Gasteiger partial charge in [0.1, 0.15) is 12.4 Å². The Morgan fingerprint density at radius 2 is 1.95 bits per heavy atom. The first kappa shape index (κ1) is 14.9. The van der Waals surface area contributed by atoms with Crippen LogP contribution in [-0.4, -0.2) is 35.0 Å². The lowest BCUT2D eigenvalue weighted by Gasteiger charge is -2.30. The number of hydrogen-bond donors (Lipinski definition) is 1. The summed E-state index contributed by atoms with van der Waals surface area (Å²) in [4.78, 5) is 25.8. The molecule has 0 aromatic heterocycles. The van der Waals surface area contributed by atoms with Crippen molar-refractivity contribution in [2.75, 3.05) is 13.2 Å². The lowest BCUT2D eigenvalue weighted by atomic mass is 9.80. The molecule has 2 atom stereocenters. The Balaban J connectivity index is 1.71. The first-order valence-corrected chi connectivity index (χ1v) is 7.87. The van der Waals surface area contributed by atoms with Gasteiger partial charge >= 0.3 is 5.97 Å². The van der Waals surface area contributed by atoms with E-state index in [0.29, 0.717) is 32.5 Å². The van der Waals surface area contributed by atoms with Crippen LogP contribution in [0.4, 0.5) is 0 Å². The molecule has 1 aliphatic heterocycles. The van der Waals surface area contributed by atoms with E-state index in [1.54, 1.807) is 0 Å². The molecule has 5 heteroatoms. The Hall–Kier alpha value is -2.04. The number of carbonyl (C=O) groups excluding carboxylic acids is 1. The van der Waals surface area contributed by atoms with Crippen LogP contribution in [0.25, 0.3) is 0 Å². The number of nitrogens with zero attached hydrogens (tertiary/aromatic N) is 1. The topological polar surface area (TPSA) is 66.8 Å². The first-order valence-electron chi connectivity index (χ1n) is 7.87. The van der Waals surface area contributed by atoms with Crippen molar-refractivity contribution in [3.8, 4) is 5.75 Å². The van der Waals surface area contributed by atoms with Crippen molar-refractivity contribution in [3.05, 3.63) is 29.8 Å². The van der Waals surface area contributed by atoms with E-state index in [1.165, 1.54) is 0 Å². The van der Waals surface area contributed by atoms with Crippen molar-refractivity contribution >= 4 is 11.9 Å². The highest BCUT2D eigenvalue weighted by atomic mass is 16.5. The van der Waals surface area contributed by atoms with E-state index in [0.717, 1.165) is 24.2 Å². The summed E-state index contributed by atoms with van der Waals surface area (Å²) in [5.41, 5.74) is 1.01. The summed E-state index contributed by atoms with van der Waals surface area (Å²) in [5, 5.41) is 9.18. The van der Waals surface area contributed by atoms with Gasteiger partial charge in [-0.2, -0.15) is 0 Å². The number of carboxylic acids is 1. The molecular weight excluding hydrogens is 282 g/mol. The second kappa shape index (κ2) is 6.38. The molecule has 1 heterocycles. The van der Waals surface area contributed by atoms with Crippen molar-refractivity contribution < 1.29 is 19.4 Å². The standard InChI is InChI=1S/C17H21NO4/c19-16(12-5-3-6-13(10-12)17(20)21)18-8-9-22-15-7-2-1-4-14(15)11-18/h1-2,4,7,12-13H,3,5-6,8-11H2,(H,20,21). The Bertz CT molecular complexity index is 572. The maximum Gasteiger partial charge on any atom is 0.306 e. The highest BCUT2D eigenvalue weighted by Gasteiger charge is 2.33. The summed E-state index contributed by atoms with van der Waals surface area (Å²) < 4.78 is 5.69. The van der Waals surface area contributed by atoms with Crippen molar-refractivity contribution in [3.63, 3.8) is 0 Å². The molecule has 22 heavy (non-hydrogen) atoms. The van der Waals surface area contributed by atoms with Gasteiger partial charge in [0, 0.05) is 18.0 Å². The van der Waals surface area contributed by atoms with E-state index in [2.05, 4.69) is 0 Å². The van der Waals surface area contributed by atoms with E-state index in [4.69, 9.17) is 4.74 Å². The number of benzene rings is 1. The zero-order valence-electron chi connectivity index (χ0n) is 12.5. The molecule has 3 rings (SSSR count). The highest BCUT2D eigenvalue weighted by molar-refractivity contribution is 5.80. The van der Waals surface area contributed by atoms with Gasteiger partial charge in [0.15, 0.2) is 0 Å². The summed E-state index contributed by atoms with van der Waals surface area (Å²) in [7, 11) is 0. The van der Waals surface area contributed by atoms with Gasteiger partial charge in [-0.05, 0) is 25.3 Å². The molecular formula is C17H21NO4. The molecule has 1 saturated carbocycles. The number of para-hydroxylation sites is 1. The van der Waals surface area contributed by atoms with E-state index in [1.807, 2.05) is 29.2 Å². The molecule has 2 aliphatic rings. The van der Waals surface area contributed by atoms with E-state index >= 15 is 0 Å². The largest absolute Gasteiger partial charge is 0.491 e. The second-order valence-corrected chi connectivity index (χ2v) is 6.11. The number of carboxylic acid groups (broad SMARTS) is 1. The Labute approximate surface area is 129 Å². The third-order valence-corrected chi connectivity index (χ3v) is 4.64. The third kappa shape index (κ3) is 3.08. The fourth-order valence-electron chi connectivity index (χ4n) is 3.41. The molecule has 5 nitrogen and oxygen atoms in total. The number of fused-ring (bicyclic) bond motifs is 1. The van der Waals surface area contributed by atoms with Crippen LogP contribution in [0.5, 0.6) is 5.75 Å². The minimum absolute atomic E-state index is 0.0752.